The molecule has 3 fully saturated rings. The zero-order chi connectivity index (χ0) is 20.7. The van der Waals surface area contributed by atoms with Crippen molar-refractivity contribution in [2.75, 3.05) is 6.54 Å². The summed E-state index contributed by atoms with van der Waals surface area (Å²) in [5.41, 5.74) is 3.15. The van der Waals surface area contributed by atoms with Crippen molar-refractivity contribution in [1.82, 2.24) is 20.9 Å². The molecule has 3 aliphatic heterocycles. The van der Waals surface area contributed by atoms with Gasteiger partial charge < -0.3 is 15.5 Å². The molecule has 30 heavy (non-hydrogen) atoms. The van der Waals surface area contributed by atoms with Crippen molar-refractivity contribution in [2.24, 2.45) is 0 Å². The Morgan fingerprint density at radius 1 is 1.10 bits per heavy atom. The normalized spacial score (nSPS) is 31.3. The van der Waals surface area contributed by atoms with Gasteiger partial charge in [-0.1, -0.05) is 12.1 Å². The molecule has 4 aliphatic rings. The minimum absolute atomic E-state index is 0.103. The number of nitrogens with zero attached hydrogens (tertiary/aromatic N) is 1. The summed E-state index contributed by atoms with van der Waals surface area (Å²) in [6, 6.07) is 6.04. The van der Waals surface area contributed by atoms with Gasteiger partial charge in [-0.15, -0.1) is 0 Å². The van der Waals surface area contributed by atoms with Gasteiger partial charge in [-0.3, -0.25) is 19.7 Å². The molecule has 1 aromatic rings. The van der Waals surface area contributed by atoms with Gasteiger partial charge in [0.1, 0.15) is 6.04 Å². The molecule has 1 saturated carbocycles. The fourth-order valence-corrected chi connectivity index (χ4v) is 5.64. The summed E-state index contributed by atoms with van der Waals surface area (Å²) in [7, 11) is 0. The van der Waals surface area contributed by atoms with Gasteiger partial charge in [0.05, 0.1) is 0 Å². The number of nitrogens with one attached hydrogen (secondary N) is 3. The summed E-state index contributed by atoms with van der Waals surface area (Å²) in [6.45, 7) is 2.35. The van der Waals surface area contributed by atoms with E-state index in [0.29, 0.717) is 30.1 Å². The molecule has 2 saturated heterocycles. The fourth-order valence-electron chi connectivity index (χ4n) is 5.64. The summed E-state index contributed by atoms with van der Waals surface area (Å²) >= 11 is 0. The van der Waals surface area contributed by atoms with Crippen LogP contribution in [0.1, 0.15) is 72.9 Å². The Kier molecular flexibility index (Phi) is 5.11. The highest BCUT2D eigenvalue weighted by atomic mass is 16.2. The molecule has 7 nitrogen and oxygen atoms in total. The number of carbonyl (C=O) groups is 3. The van der Waals surface area contributed by atoms with E-state index in [0.717, 1.165) is 24.2 Å². The van der Waals surface area contributed by atoms with Gasteiger partial charge in [0.25, 0.3) is 5.91 Å². The first-order valence-corrected chi connectivity index (χ1v) is 11.3. The van der Waals surface area contributed by atoms with Crippen LogP contribution in [0.3, 0.4) is 0 Å². The minimum Gasteiger partial charge on any atom is -0.322 e. The first kappa shape index (κ1) is 19.7. The molecule has 3 amide bonds. The molecule has 0 aromatic heterocycles. The quantitative estimate of drug-likeness (QED) is 0.656. The molecule has 0 bridgehead atoms. The molecule has 0 radical (unpaired) electrons. The molecule has 160 valence electrons. The Morgan fingerprint density at radius 2 is 1.93 bits per heavy atom. The first-order chi connectivity index (χ1) is 14.5. The highest BCUT2D eigenvalue weighted by molar-refractivity contribution is 6.05. The maximum Gasteiger partial charge on any atom is 0.255 e. The number of imide groups is 1. The Morgan fingerprint density at radius 3 is 2.67 bits per heavy atom. The predicted molar refractivity (Wildman–Crippen MR) is 112 cm³/mol. The van der Waals surface area contributed by atoms with E-state index in [4.69, 9.17) is 0 Å². The fraction of sp³-hybridized carbons (Fsp3) is 0.609. The van der Waals surface area contributed by atoms with Crippen LogP contribution in [0.25, 0.3) is 0 Å². The van der Waals surface area contributed by atoms with Crippen molar-refractivity contribution < 1.29 is 14.4 Å². The largest absolute Gasteiger partial charge is 0.322 e. The lowest BCUT2D eigenvalue weighted by atomic mass is 9.78. The highest BCUT2D eigenvalue weighted by Gasteiger charge is 2.39. The number of benzene rings is 1. The van der Waals surface area contributed by atoms with Crippen molar-refractivity contribution in [3.05, 3.63) is 34.9 Å². The number of piperidine rings is 1. The Bertz CT molecular complexity index is 867. The number of rotatable bonds is 4. The highest BCUT2D eigenvalue weighted by Crippen LogP contribution is 2.35. The average Bonchev–Trinajstić information content (AvgIpc) is 3.33. The average molecular weight is 411 g/mol. The second-order valence-electron chi connectivity index (χ2n) is 9.36. The molecular weight excluding hydrogens is 380 g/mol. The molecule has 3 heterocycles. The van der Waals surface area contributed by atoms with Crippen molar-refractivity contribution in [1.29, 1.82) is 0 Å². The summed E-state index contributed by atoms with van der Waals surface area (Å²) in [5.74, 6) is -0.722. The Labute approximate surface area is 177 Å². The van der Waals surface area contributed by atoms with Gasteiger partial charge in [-0.25, -0.2) is 0 Å². The van der Waals surface area contributed by atoms with Gasteiger partial charge in [-0.2, -0.15) is 0 Å². The van der Waals surface area contributed by atoms with E-state index < -0.39 is 6.04 Å². The standard InChI is InChI=1S/C23H30N4O3/c28-20-5-4-19(21(29)26-20)27-14-16-3-2-15(12-18(16)22(27)30)13-24-17-6-9-23(10-7-17)8-1-11-25-23/h2-3,12,17,19,24-25H,1,4-11,13-14H2,(H,26,28,29). The maximum absolute atomic E-state index is 13.0. The van der Waals surface area contributed by atoms with Gasteiger partial charge in [0.15, 0.2) is 0 Å². The summed E-state index contributed by atoms with van der Waals surface area (Å²) in [5, 5.41) is 9.75. The smallest absolute Gasteiger partial charge is 0.255 e. The molecular formula is C23H30N4O3. The van der Waals surface area contributed by atoms with E-state index >= 15 is 0 Å². The number of carbonyl (C=O) groups excluding carboxylic acids is 3. The van der Waals surface area contributed by atoms with Crippen molar-refractivity contribution in [3.63, 3.8) is 0 Å². The summed E-state index contributed by atoms with van der Waals surface area (Å²) in [4.78, 5) is 38.2. The van der Waals surface area contributed by atoms with Crippen molar-refractivity contribution >= 4 is 17.7 Å². The van der Waals surface area contributed by atoms with Crippen LogP contribution in [0.2, 0.25) is 0 Å². The third-order valence-corrected chi connectivity index (χ3v) is 7.46. The number of hydrogen-bond acceptors (Lipinski definition) is 5. The molecule has 1 aromatic carbocycles. The molecule has 1 atom stereocenters. The van der Waals surface area contributed by atoms with Crippen LogP contribution in [-0.2, 0) is 22.7 Å². The summed E-state index contributed by atoms with van der Waals surface area (Å²) < 4.78 is 0. The van der Waals surface area contributed by atoms with Crippen LogP contribution >= 0.6 is 0 Å². The maximum atomic E-state index is 13.0. The van der Waals surface area contributed by atoms with E-state index in [-0.39, 0.29) is 24.1 Å². The third-order valence-electron chi connectivity index (χ3n) is 7.46. The molecule has 7 heteroatoms. The van der Waals surface area contributed by atoms with Crippen LogP contribution in [0.15, 0.2) is 18.2 Å². The van der Waals surface area contributed by atoms with Crippen LogP contribution in [-0.4, -0.2) is 46.8 Å². The minimum atomic E-state index is -0.553. The monoisotopic (exact) mass is 410 g/mol. The van der Waals surface area contributed by atoms with Crippen LogP contribution in [0.4, 0.5) is 0 Å². The lowest BCUT2D eigenvalue weighted by molar-refractivity contribution is -0.136. The van der Waals surface area contributed by atoms with Gasteiger partial charge in [-0.05, 0) is 68.7 Å². The lowest BCUT2D eigenvalue weighted by Gasteiger charge is -2.38. The predicted octanol–water partition coefficient (Wildman–Crippen LogP) is 1.60. The molecule has 1 aliphatic carbocycles. The number of hydrogen-bond donors (Lipinski definition) is 3. The van der Waals surface area contributed by atoms with E-state index in [2.05, 4.69) is 22.0 Å². The van der Waals surface area contributed by atoms with Crippen LogP contribution in [0.5, 0.6) is 0 Å². The topological polar surface area (TPSA) is 90.5 Å². The second-order valence-corrected chi connectivity index (χ2v) is 9.36. The van der Waals surface area contributed by atoms with E-state index in [1.165, 1.54) is 38.5 Å². The molecule has 3 N–H and O–H groups in total. The van der Waals surface area contributed by atoms with E-state index in [1.54, 1.807) is 4.90 Å². The van der Waals surface area contributed by atoms with Crippen LogP contribution in [0, 0.1) is 0 Å². The van der Waals surface area contributed by atoms with Gasteiger partial charge >= 0.3 is 0 Å². The molecule has 5 rings (SSSR count). The van der Waals surface area contributed by atoms with E-state index in [1.807, 2.05) is 12.1 Å². The first-order valence-electron chi connectivity index (χ1n) is 11.3. The third kappa shape index (κ3) is 3.65. The Balaban J connectivity index is 1.19. The zero-order valence-electron chi connectivity index (χ0n) is 17.3. The Hall–Kier alpha value is -2.25. The summed E-state index contributed by atoms with van der Waals surface area (Å²) in [6.07, 6.45) is 8.18. The van der Waals surface area contributed by atoms with Crippen LogP contribution < -0.4 is 16.0 Å². The second kappa shape index (κ2) is 7.78. The number of fused-ring (bicyclic) bond motifs is 1. The van der Waals surface area contributed by atoms with Gasteiger partial charge in [0.2, 0.25) is 11.8 Å². The number of amides is 3. The van der Waals surface area contributed by atoms with Crippen molar-refractivity contribution in [3.8, 4) is 0 Å². The lowest BCUT2D eigenvalue weighted by Crippen LogP contribution is -2.52. The molecule has 1 unspecified atom stereocenters. The molecule has 1 spiro atoms. The zero-order valence-corrected chi connectivity index (χ0v) is 17.3. The van der Waals surface area contributed by atoms with E-state index in [9.17, 15) is 14.4 Å². The van der Waals surface area contributed by atoms with Gasteiger partial charge in [0, 0.05) is 36.7 Å². The van der Waals surface area contributed by atoms with Crippen molar-refractivity contribution in [2.45, 2.75) is 82.1 Å². The SMILES string of the molecule is O=C1CCC(N2Cc3ccc(CNC4CCC5(CCCN5)CC4)cc3C2=O)C(=O)N1.